The molecule has 0 N–H and O–H groups in total. The molecule has 2 rings (SSSR count). The van der Waals surface area contributed by atoms with Crippen LogP contribution in [0.1, 0.15) is 79.0 Å². The first-order chi connectivity index (χ1) is 19.6. The third-order valence-corrected chi connectivity index (χ3v) is 6.30. The first-order valence-corrected chi connectivity index (χ1v) is 14.6. The molecular formula is C30H47NO9. The Hall–Kier alpha value is -2.37. The Kier molecular flexibility index (Phi) is 18.9. The molecule has 0 atom stereocenters. The van der Waals surface area contributed by atoms with E-state index in [1.165, 1.54) is 37.0 Å². The molecule has 0 aliphatic carbocycles. The number of ether oxygens (including phenoxy) is 6. The van der Waals surface area contributed by atoms with Crippen molar-refractivity contribution in [3.8, 4) is 0 Å². The summed E-state index contributed by atoms with van der Waals surface area (Å²) in [6, 6.07) is 6.82. The van der Waals surface area contributed by atoms with Crippen molar-refractivity contribution in [2.75, 3.05) is 79.2 Å². The van der Waals surface area contributed by atoms with Gasteiger partial charge >= 0.3 is 5.97 Å². The van der Waals surface area contributed by atoms with E-state index in [9.17, 15) is 14.4 Å². The van der Waals surface area contributed by atoms with E-state index in [1.807, 2.05) is 0 Å². The average Bonchev–Trinajstić information content (AvgIpc) is 3.20. The van der Waals surface area contributed by atoms with Gasteiger partial charge < -0.3 is 28.4 Å². The summed E-state index contributed by atoms with van der Waals surface area (Å²) in [5, 5.41) is 0. The average molecular weight is 566 g/mol. The van der Waals surface area contributed by atoms with Crippen molar-refractivity contribution in [2.24, 2.45) is 0 Å². The zero-order valence-corrected chi connectivity index (χ0v) is 24.1. The first-order valence-electron chi connectivity index (χ1n) is 14.6. The van der Waals surface area contributed by atoms with Gasteiger partial charge in [0.2, 0.25) is 0 Å². The van der Waals surface area contributed by atoms with Crippen LogP contribution in [0.25, 0.3) is 0 Å². The maximum atomic E-state index is 12.3. The summed E-state index contributed by atoms with van der Waals surface area (Å²) in [5.41, 5.74) is 0.886. The number of hydrogen-bond donors (Lipinski definition) is 0. The molecule has 1 heterocycles. The molecule has 1 aromatic carbocycles. The number of amides is 2. The van der Waals surface area contributed by atoms with Crippen molar-refractivity contribution in [2.45, 2.75) is 58.3 Å². The fourth-order valence-electron chi connectivity index (χ4n) is 4.09. The normalized spacial score (nSPS) is 12.8. The highest BCUT2D eigenvalue weighted by molar-refractivity contribution is 6.21. The van der Waals surface area contributed by atoms with E-state index in [2.05, 4.69) is 6.92 Å². The molecule has 1 aromatic rings. The zero-order chi connectivity index (χ0) is 28.7. The van der Waals surface area contributed by atoms with Gasteiger partial charge in [-0.15, -0.1) is 0 Å². The number of carbonyl (C=O) groups excluding carboxylic acids is 3. The van der Waals surface area contributed by atoms with Crippen LogP contribution in [0.3, 0.4) is 0 Å². The number of hydrogen-bond acceptors (Lipinski definition) is 9. The lowest BCUT2D eigenvalue weighted by Gasteiger charge is -2.13. The van der Waals surface area contributed by atoms with Crippen LogP contribution in [0.5, 0.6) is 0 Å². The molecule has 0 unspecified atom stereocenters. The standard InChI is InChI=1S/C30H47NO9/c1-2-3-4-5-6-7-8-13-28(32)40-25-24-39-23-22-38-21-20-37-19-18-36-17-16-35-15-14-31-29(33)26-11-9-10-12-27(26)30(31)34/h9-12H,2-8,13-25H2,1H3. The molecule has 40 heavy (non-hydrogen) atoms. The maximum absolute atomic E-state index is 12.3. The van der Waals surface area contributed by atoms with E-state index in [0.29, 0.717) is 77.0 Å². The SMILES string of the molecule is CCCCCCCCCC(=O)OCCOCCOCCOCCOCCOCCN1C(=O)c2ccccc2C1=O. The highest BCUT2D eigenvalue weighted by Gasteiger charge is 2.34. The Morgan fingerprint density at radius 3 is 1.52 bits per heavy atom. The number of nitrogens with zero attached hydrogens (tertiary/aromatic N) is 1. The van der Waals surface area contributed by atoms with Crippen LogP contribution in [0.4, 0.5) is 0 Å². The summed E-state index contributed by atoms with van der Waals surface area (Å²) in [5.74, 6) is -0.705. The van der Waals surface area contributed by atoms with Gasteiger partial charge in [0.05, 0.1) is 83.7 Å². The van der Waals surface area contributed by atoms with E-state index < -0.39 is 0 Å². The van der Waals surface area contributed by atoms with Crippen molar-refractivity contribution in [1.82, 2.24) is 4.90 Å². The number of unbranched alkanes of at least 4 members (excludes halogenated alkanes) is 6. The topological polar surface area (TPSA) is 110 Å². The Balaban J connectivity index is 1.26. The molecule has 2 amide bonds. The maximum Gasteiger partial charge on any atom is 0.305 e. The number of rotatable bonds is 26. The molecule has 0 saturated carbocycles. The summed E-state index contributed by atoms with van der Waals surface area (Å²) in [6.07, 6.45) is 8.74. The Labute approximate surface area is 238 Å². The van der Waals surface area contributed by atoms with Gasteiger partial charge in [-0.05, 0) is 18.6 Å². The molecule has 0 spiro atoms. The molecule has 1 aliphatic rings. The number of fused-ring (bicyclic) bond motifs is 1. The van der Waals surface area contributed by atoms with Crippen LogP contribution in [0.15, 0.2) is 24.3 Å². The van der Waals surface area contributed by atoms with Crippen LogP contribution >= 0.6 is 0 Å². The van der Waals surface area contributed by atoms with E-state index in [-0.39, 0.29) is 37.5 Å². The lowest BCUT2D eigenvalue weighted by molar-refractivity contribution is -0.145. The molecule has 10 heteroatoms. The highest BCUT2D eigenvalue weighted by Crippen LogP contribution is 2.21. The minimum atomic E-state index is -0.277. The van der Waals surface area contributed by atoms with Gasteiger partial charge in [-0.25, -0.2) is 0 Å². The molecule has 0 fully saturated rings. The molecule has 0 saturated heterocycles. The predicted molar refractivity (Wildman–Crippen MR) is 149 cm³/mol. The zero-order valence-electron chi connectivity index (χ0n) is 24.1. The van der Waals surface area contributed by atoms with Crippen molar-refractivity contribution in [3.63, 3.8) is 0 Å². The summed E-state index contributed by atoms with van der Waals surface area (Å²) >= 11 is 0. The quantitative estimate of drug-likeness (QED) is 0.0933. The van der Waals surface area contributed by atoms with Gasteiger partial charge in [0.15, 0.2) is 0 Å². The largest absolute Gasteiger partial charge is 0.463 e. The van der Waals surface area contributed by atoms with Crippen LogP contribution in [0.2, 0.25) is 0 Å². The van der Waals surface area contributed by atoms with E-state index >= 15 is 0 Å². The number of benzene rings is 1. The van der Waals surface area contributed by atoms with Crippen LogP contribution in [-0.4, -0.2) is 102 Å². The van der Waals surface area contributed by atoms with Crippen LogP contribution in [0, 0.1) is 0 Å². The fourth-order valence-corrected chi connectivity index (χ4v) is 4.09. The number of esters is 1. The number of imide groups is 1. The molecule has 10 nitrogen and oxygen atoms in total. The third kappa shape index (κ3) is 14.3. The highest BCUT2D eigenvalue weighted by atomic mass is 16.6. The van der Waals surface area contributed by atoms with E-state index in [4.69, 9.17) is 28.4 Å². The second-order valence-corrected chi connectivity index (χ2v) is 9.46. The molecule has 0 radical (unpaired) electrons. The Bertz CT molecular complexity index is 813. The lowest BCUT2D eigenvalue weighted by Crippen LogP contribution is -2.33. The van der Waals surface area contributed by atoms with E-state index in [0.717, 1.165) is 12.8 Å². The number of carbonyl (C=O) groups is 3. The summed E-state index contributed by atoms with van der Waals surface area (Å²) in [7, 11) is 0. The minimum absolute atomic E-state index is 0.151. The van der Waals surface area contributed by atoms with Gasteiger partial charge in [-0.3, -0.25) is 19.3 Å². The first kappa shape index (κ1) is 33.8. The lowest BCUT2D eigenvalue weighted by atomic mass is 10.1. The monoisotopic (exact) mass is 565 g/mol. The molecular weight excluding hydrogens is 518 g/mol. The summed E-state index contributed by atoms with van der Waals surface area (Å²) in [6.45, 7) is 6.76. The van der Waals surface area contributed by atoms with Crippen LogP contribution < -0.4 is 0 Å². The third-order valence-electron chi connectivity index (χ3n) is 6.30. The Morgan fingerprint density at radius 1 is 0.600 bits per heavy atom. The van der Waals surface area contributed by atoms with Gasteiger partial charge in [0.25, 0.3) is 11.8 Å². The molecule has 0 bridgehead atoms. The van der Waals surface area contributed by atoms with Gasteiger partial charge in [0, 0.05) is 6.42 Å². The van der Waals surface area contributed by atoms with Gasteiger partial charge in [0.1, 0.15) is 6.61 Å². The fraction of sp³-hybridized carbons (Fsp3) is 0.700. The van der Waals surface area contributed by atoms with Crippen molar-refractivity contribution < 1.29 is 42.8 Å². The van der Waals surface area contributed by atoms with Crippen molar-refractivity contribution in [3.05, 3.63) is 35.4 Å². The minimum Gasteiger partial charge on any atom is -0.463 e. The predicted octanol–water partition coefficient (Wildman–Crippen LogP) is 4.05. The molecule has 1 aliphatic heterocycles. The second kappa shape index (κ2) is 22.3. The van der Waals surface area contributed by atoms with Crippen LogP contribution in [-0.2, 0) is 33.2 Å². The second-order valence-electron chi connectivity index (χ2n) is 9.46. The molecule has 0 aromatic heterocycles. The van der Waals surface area contributed by atoms with Gasteiger partial charge in [-0.1, -0.05) is 57.6 Å². The smallest absolute Gasteiger partial charge is 0.305 e. The van der Waals surface area contributed by atoms with Gasteiger partial charge in [-0.2, -0.15) is 0 Å². The summed E-state index contributed by atoms with van der Waals surface area (Å²) in [4.78, 5) is 37.4. The summed E-state index contributed by atoms with van der Waals surface area (Å²) < 4.78 is 32.4. The Morgan fingerprint density at radius 2 is 1.02 bits per heavy atom. The van der Waals surface area contributed by atoms with E-state index in [1.54, 1.807) is 24.3 Å². The van der Waals surface area contributed by atoms with Crippen molar-refractivity contribution in [1.29, 1.82) is 0 Å². The van der Waals surface area contributed by atoms with Crippen molar-refractivity contribution >= 4 is 17.8 Å². The molecule has 226 valence electrons.